The first-order valence-corrected chi connectivity index (χ1v) is 19.2. The lowest BCUT2D eigenvalue weighted by atomic mass is 9.94. The molecule has 0 saturated carbocycles. The molecule has 8 rings (SSSR count). The predicted molar refractivity (Wildman–Crippen MR) is 210 cm³/mol. The molecule has 1 unspecified atom stereocenters. The van der Waals surface area contributed by atoms with Gasteiger partial charge >= 0.3 is 11.8 Å². The fraction of sp³-hybridized carbons (Fsp3) is 0.366. The quantitative estimate of drug-likeness (QED) is 0.105. The van der Waals surface area contributed by atoms with Crippen molar-refractivity contribution in [3.05, 3.63) is 131 Å². The van der Waals surface area contributed by atoms with Crippen molar-refractivity contribution in [1.82, 2.24) is 24.6 Å². The number of urea groups is 1. The molecule has 58 heavy (non-hydrogen) atoms. The normalized spacial score (nSPS) is 21.0. The van der Waals surface area contributed by atoms with Gasteiger partial charge in [0.05, 0.1) is 24.8 Å². The number of rotatable bonds is 13. The Bertz CT molecular complexity index is 2220. The Morgan fingerprint density at radius 1 is 0.966 bits per heavy atom. The Labute approximate surface area is 333 Å². The second-order valence-electron chi connectivity index (χ2n) is 14.9. The van der Waals surface area contributed by atoms with Gasteiger partial charge in [-0.2, -0.15) is 5.10 Å². The minimum Gasteiger partial charge on any atom is -0.488 e. The monoisotopic (exact) mass is 795 g/mol. The molecule has 3 saturated heterocycles. The zero-order valence-electron chi connectivity index (χ0n) is 32.1. The molecule has 0 aliphatic carbocycles. The van der Waals surface area contributed by atoms with Crippen LogP contribution < -0.4 is 19.4 Å². The lowest BCUT2D eigenvalue weighted by molar-refractivity contribution is -0.390. The van der Waals surface area contributed by atoms with Crippen LogP contribution in [0.4, 0.5) is 36.5 Å². The van der Waals surface area contributed by atoms with E-state index in [1.807, 2.05) is 62.4 Å². The van der Waals surface area contributed by atoms with Crippen molar-refractivity contribution in [3.8, 4) is 5.75 Å². The van der Waals surface area contributed by atoms with E-state index in [1.54, 1.807) is 21.9 Å². The van der Waals surface area contributed by atoms with Gasteiger partial charge in [-0.3, -0.25) is 4.90 Å². The van der Waals surface area contributed by atoms with Crippen LogP contribution >= 0.6 is 0 Å². The number of nitrogens with zero attached hydrogens (tertiary/aromatic N) is 9. The number of anilines is 3. The van der Waals surface area contributed by atoms with Crippen molar-refractivity contribution in [1.29, 1.82) is 0 Å². The van der Waals surface area contributed by atoms with Crippen LogP contribution in [0.5, 0.6) is 5.75 Å². The summed E-state index contributed by atoms with van der Waals surface area (Å²) >= 11 is 0. The standard InChI is InChI=1S/C41H43F2N9O6/c1-28(2)51-34(20-29-4-3-15-45-39(29)52(54)55)22-50(40(51)53)33-8-6-31(7-9-33)47-16-18-48(19-17-47)32-10-12-35(13-11-32)56-23-38-57-25-41(58-38,24-49-27-44-26-46-49)36-14-5-30(42)21-37(36)43/h3-15,21,26-28,34,38H,16-20,22-25H2,1-2H3/t34?,38-,41+/m0/s1. The summed E-state index contributed by atoms with van der Waals surface area (Å²) in [6, 6.07) is 22.1. The van der Waals surface area contributed by atoms with Gasteiger partial charge in [-0.1, -0.05) is 6.07 Å². The minimum absolute atomic E-state index is 0.0114. The maximum absolute atomic E-state index is 15.0. The van der Waals surface area contributed by atoms with E-state index in [1.165, 1.54) is 35.7 Å². The molecule has 0 spiro atoms. The molecular weight excluding hydrogens is 753 g/mol. The number of carbonyl (C=O) groups is 1. The van der Waals surface area contributed by atoms with Crippen LogP contribution in [0, 0.1) is 21.7 Å². The molecule has 3 fully saturated rings. The van der Waals surface area contributed by atoms with Crippen molar-refractivity contribution in [2.75, 3.05) is 60.6 Å². The minimum atomic E-state index is -1.25. The van der Waals surface area contributed by atoms with Crippen molar-refractivity contribution >= 4 is 28.9 Å². The number of carbonyl (C=O) groups excluding carboxylic acids is 1. The molecule has 15 nitrogen and oxygen atoms in total. The molecule has 3 aliphatic rings. The number of hydrogen-bond donors (Lipinski definition) is 0. The highest BCUT2D eigenvalue weighted by atomic mass is 19.1. The van der Waals surface area contributed by atoms with E-state index in [4.69, 9.17) is 14.2 Å². The van der Waals surface area contributed by atoms with E-state index in [0.717, 1.165) is 49.3 Å². The van der Waals surface area contributed by atoms with Crippen LogP contribution in [0.1, 0.15) is 25.0 Å². The average Bonchev–Trinajstić information content (AvgIpc) is 3.97. The molecule has 0 bridgehead atoms. The zero-order valence-corrected chi connectivity index (χ0v) is 32.1. The largest absolute Gasteiger partial charge is 0.488 e. The highest BCUT2D eigenvalue weighted by molar-refractivity contribution is 5.95. The first-order chi connectivity index (χ1) is 28.1. The number of pyridine rings is 1. The molecule has 302 valence electrons. The maximum Gasteiger partial charge on any atom is 0.366 e. The smallest absolute Gasteiger partial charge is 0.366 e. The van der Waals surface area contributed by atoms with Crippen LogP contribution in [0.3, 0.4) is 0 Å². The topological polar surface area (TPSA) is 144 Å². The highest BCUT2D eigenvalue weighted by Crippen LogP contribution is 2.38. The third kappa shape index (κ3) is 7.99. The van der Waals surface area contributed by atoms with Gasteiger partial charge < -0.3 is 39.0 Å². The number of benzene rings is 3. The number of aromatic nitrogens is 4. The molecule has 2 amide bonds. The predicted octanol–water partition coefficient (Wildman–Crippen LogP) is 5.80. The van der Waals surface area contributed by atoms with Gasteiger partial charge in [0.25, 0.3) is 0 Å². The molecule has 0 radical (unpaired) electrons. The van der Waals surface area contributed by atoms with Crippen molar-refractivity contribution in [2.45, 2.75) is 50.8 Å². The molecule has 5 heterocycles. The Hall–Kier alpha value is -6.20. The molecule has 3 aliphatic heterocycles. The molecule has 0 N–H and O–H groups in total. The van der Waals surface area contributed by atoms with Crippen LogP contribution in [-0.4, -0.2) is 99.9 Å². The Kier molecular flexibility index (Phi) is 10.9. The first-order valence-electron chi connectivity index (χ1n) is 19.2. The molecular formula is C41H43F2N9O6. The summed E-state index contributed by atoms with van der Waals surface area (Å²) < 4.78 is 48.4. The molecule has 3 atom stereocenters. The van der Waals surface area contributed by atoms with E-state index >= 15 is 0 Å². The molecule has 3 aromatic carbocycles. The fourth-order valence-corrected chi connectivity index (χ4v) is 8.06. The van der Waals surface area contributed by atoms with Crippen molar-refractivity contribution < 1.29 is 32.7 Å². The Morgan fingerprint density at radius 3 is 2.29 bits per heavy atom. The summed E-state index contributed by atoms with van der Waals surface area (Å²) in [6.07, 6.45) is 3.81. The SMILES string of the molecule is CC(C)N1C(=O)N(c2ccc(N3CCN(c4ccc(OC[C@H]5OC[C@](Cn6cncn6)(c6ccc(F)cc6F)O5)cc4)CC3)cc2)CC1Cc1cccnc1[N+](=O)[O-]. The van der Waals surface area contributed by atoms with E-state index in [0.29, 0.717) is 24.3 Å². The number of nitro groups is 1. The second-order valence-corrected chi connectivity index (χ2v) is 14.9. The number of amides is 2. The van der Waals surface area contributed by atoms with Gasteiger partial charge in [0, 0.05) is 73.9 Å². The summed E-state index contributed by atoms with van der Waals surface area (Å²) in [5, 5.41) is 15.7. The van der Waals surface area contributed by atoms with Gasteiger partial charge in [-0.25, -0.2) is 23.2 Å². The van der Waals surface area contributed by atoms with E-state index < -0.39 is 28.4 Å². The summed E-state index contributed by atoms with van der Waals surface area (Å²) in [6.45, 7) is 7.70. The van der Waals surface area contributed by atoms with Crippen molar-refractivity contribution in [2.24, 2.45) is 0 Å². The van der Waals surface area contributed by atoms with E-state index in [2.05, 4.69) is 24.9 Å². The van der Waals surface area contributed by atoms with Crippen LogP contribution in [0.2, 0.25) is 0 Å². The number of piperazine rings is 1. The number of halogens is 2. The summed E-state index contributed by atoms with van der Waals surface area (Å²) in [7, 11) is 0. The third-order valence-corrected chi connectivity index (χ3v) is 10.9. The van der Waals surface area contributed by atoms with Crippen LogP contribution in [0.25, 0.3) is 0 Å². The second kappa shape index (κ2) is 16.3. The van der Waals surface area contributed by atoms with E-state index in [9.17, 15) is 23.7 Å². The Balaban J connectivity index is 0.841. The molecule has 5 aromatic rings. The lowest BCUT2D eigenvalue weighted by Crippen LogP contribution is -2.46. The van der Waals surface area contributed by atoms with E-state index in [-0.39, 0.29) is 49.3 Å². The first kappa shape index (κ1) is 38.7. The summed E-state index contributed by atoms with van der Waals surface area (Å²) in [5.41, 5.74) is 2.31. The molecule has 2 aromatic heterocycles. The molecule has 17 heteroatoms. The van der Waals surface area contributed by atoms with Gasteiger partial charge in [0.2, 0.25) is 0 Å². The third-order valence-electron chi connectivity index (χ3n) is 10.9. The zero-order chi connectivity index (χ0) is 40.4. The lowest BCUT2D eigenvalue weighted by Gasteiger charge is -2.37. The van der Waals surface area contributed by atoms with Crippen LogP contribution in [0.15, 0.2) is 97.7 Å². The van der Waals surface area contributed by atoms with Gasteiger partial charge in [0.1, 0.15) is 48.4 Å². The number of ether oxygens (including phenoxy) is 3. The van der Waals surface area contributed by atoms with Gasteiger partial charge in [-0.15, -0.1) is 0 Å². The van der Waals surface area contributed by atoms with Crippen molar-refractivity contribution in [3.63, 3.8) is 0 Å². The van der Waals surface area contributed by atoms with Crippen LogP contribution in [-0.2, 0) is 28.0 Å². The summed E-state index contributed by atoms with van der Waals surface area (Å²) in [4.78, 5) is 40.8. The average molecular weight is 796 g/mol. The maximum atomic E-state index is 15.0. The van der Waals surface area contributed by atoms with Gasteiger partial charge in [-0.05, 0) is 90.5 Å². The highest BCUT2D eigenvalue weighted by Gasteiger charge is 2.46. The number of hydrogen-bond acceptors (Lipinski definition) is 11. The Morgan fingerprint density at radius 2 is 1.66 bits per heavy atom. The fourth-order valence-electron chi connectivity index (χ4n) is 8.06. The summed E-state index contributed by atoms with van der Waals surface area (Å²) in [5.74, 6) is -0.981. The van der Waals surface area contributed by atoms with Gasteiger partial charge in [0.15, 0.2) is 6.29 Å².